The number of benzene rings is 2. The molecule has 6 heteroatoms. The summed E-state index contributed by atoms with van der Waals surface area (Å²) in [6, 6.07) is 13.1. The Balaban J connectivity index is 1.84. The molecule has 0 aromatic heterocycles. The standard InChI is InChI=1S/C19H19N3O3/c1-12-18(23)22(14-7-5-4-6-8-14)19-20-15-10-17(25-3)16(24-2)9-13(15)11-21(12)19/h4-10,12H,11H2,1-3H3. The number of guanidine groups is 1. The average Bonchev–Trinajstić information content (AvgIpc) is 2.89. The minimum Gasteiger partial charge on any atom is -0.493 e. The monoisotopic (exact) mass is 337 g/mol. The molecule has 1 atom stereocenters. The molecule has 1 unspecified atom stereocenters. The summed E-state index contributed by atoms with van der Waals surface area (Å²) in [7, 11) is 3.21. The van der Waals surface area contributed by atoms with Gasteiger partial charge in [0.2, 0.25) is 5.96 Å². The van der Waals surface area contributed by atoms with Gasteiger partial charge in [-0.05, 0) is 25.1 Å². The van der Waals surface area contributed by atoms with E-state index in [2.05, 4.69) is 0 Å². The first-order chi connectivity index (χ1) is 12.1. The number of hydrogen-bond acceptors (Lipinski definition) is 5. The van der Waals surface area contributed by atoms with Crippen molar-refractivity contribution in [1.82, 2.24) is 4.90 Å². The van der Waals surface area contributed by atoms with E-state index >= 15 is 0 Å². The molecule has 0 bridgehead atoms. The fourth-order valence-electron chi connectivity index (χ4n) is 3.29. The quantitative estimate of drug-likeness (QED) is 0.864. The van der Waals surface area contributed by atoms with Crippen molar-refractivity contribution in [3.05, 3.63) is 48.0 Å². The first kappa shape index (κ1) is 15.5. The second kappa shape index (κ2) is 5.81. The maximum Gasteiger partial charge on any atom is 0.256 e. The number of hydrogen-bond donors (Lipinski definition) is 0. The van der Waals surface area contributed by atoms with Crippen molar-refractivity contribution in [1.29, 1.82) is 0 Å². The average molecular weight is 337 g/mol. The normalized spacial score (nSPS) is 18.6. The number of rotatable bonds is 3. The van der Waals surface area contributed by atoms with Crippen molar-refractivity contribution >= 4 is 23.2 Å². The van der Waals surface area contributed by atoms with E-state index in [1.54, 1.807) is 19.1 Å². The Kier molecular flexibility index (Phi) is 3.60. The SMILES string of the molecule is COc1cc2c(cc1OC)N=C1N(c3ccccc3)C(=O)C(C)N1C2. The summed E-state index contributed by atoms with van der Waals surface area (Å²) in [6.45, 7) is 2.51. The molecule has 128 valence electrons. The predicted octanol–water partition coefficient (Wildman–Crippen LogP) is 2.94. The van der Waals surface area contributed by atoms with Crippen LogP contribution < -0.4 is 14.4 Å². The lowest BCUT2D eigenvalue weighted by Crippen LogP contribution is -2.37. The van der Waals surface area contributed by atoms with E-state index < -0.39 is 0 Å². The van der Waals surface area contributed by atoms with Gasteiger partial charge in [-0.2, -0.15) is 0 Å². The smallest absolute Gasteiger partial charge is 0.256 e. The maximum atomic E-state index is 12.8. The molecule has 0 radical (unpaired) electrons. The Hall–Kier alpha value is -3.02. The van der Waals surface area contributed by atoms with E-state index in [4.69, 9.17) is 14.5 Å². The zero-order valence-electron chi connectivity index (χ0n) is 14.4. The van der Waals surface area contributed by atoms with Crippen LogP contribution in [0.3, 0.4) is 0 Å². The molecule has 2 aliphatic heterocycles. The second-order valence-corrected chi connectivity index (χ2v) is 6.06. The van der Waals surface area contributed by atoms with E-state index in [1.807, 2.05) is 54.3 Å². The third-order valence-electron chi connectivity index (χ3n) is 4.66. The zero-order valence-corrected chi connectivity index (χ0v) is 14.4. The summed E-state index contributed by atoms with van der Waals surface area (Å²) >= 11 is 0. The molecule has 25 heavy (non-hydrogen) atoms. The number of carbonyl (C=O) groups is 1. The van der Waals surface area contributed by atoms with E-state index in [9.17, 15) is 4.79 Å². The van der Waals surface area contributed by atoms with Crippen molar-refractivity contribution in [2.45, 2.75) is 19.5 Å². The third kappa shape index (κ3) is 2.33. The number of anilines is 1. The van der Waals surface area contributed by atoms with Crippen molar-refractivity contribution in [2.24, 2.45) is 4.99 Å². The van der Waals surface area contributed by atoms with Crippen molar-refractivity contribution in [2.75, 3.05) is 19.1 Å². The molecule has 0 N–H and O–H groups in total. The number of aliphatic imine (C=N–C) groups is 1. The molecule has 4 rings (SSSR count). The molecular weight excluding hydrogens is 318 g/mol. The van der Waals surface area contributed by atoms with Crippen LogP contribution >= 0.6 is 0 Å². The first-order valence-corrected chi connectivity index (χ1v) is 8.13. The summed E-state index contributed by atoms with van der Waals surface area (Å²) in [6.07, 6.45) is 0. The van der Waals surface area contributed by atoms with Crippen molar-refractivity contribution < 1.29 is 14.3 Å². The highest BCUT2D eigenvalue weighted by Crippen LogP contribution is 2.40. The van der Waals surface area contributed by atoms with Gasteiger partial charge in [0.25, 0.3) is 5.91 Å². The van der Waals surface area contributed by atoms with Crippen LogP contribution in [0.1, 0.15) is 12.5 Å². The van der Waals surface area contributed by atoms with Gasteiger partial charge in [-0.25, -0.2) is 9.89 Å². The van der Waals surface area contributed by atoms with Crippen molar-refractivity contribution in [3.63, 3.8) is 0 Å². The Morgan fingerprint density at radius 2 is 1.76 bits per heavy atom. The summed E-state index contributed by atoms with van der Waals surface area (Å²) in [4.78, 5) is 21.3. The van der Waals surface area contributed by atoms with Crippen molar-refractivity contribution in [3.8, 4) is 11.5 Å². The van der Waals surface area contributed by atoms with Crippen LogP contribution in [0.25, 0.3) is 0 Å². The van der Waals surface area contributed by atoms with Crippen LogP contribution in [-0.2, 0) is 11.3 Å². The van der Waals surface area contributed by atoms with Gasteiger partial charge in [0, 0.05) is 18.2 Å². The maximum absolute atomic E-state index is 12.8. The third-order valence-corrected chi connectivity index (χ3v) is 4.66. The number of carbonyl (C=O) groups excluding carboxylic acids is 1. The highest BCUT2D eigenvalue weighted by atomic mass is 16.5. The van der Waals surface area contributed by atoms with Gasteiger partial charge in [0.15, 0.2) is 11.5 Å². The number of para-hydroxylation sites is 1. The molecule has 2 aromatic carbocycles. The van der Waals surface area contributed by atoms with Crippen LogP contribution in [0.2, 0.25) is 0 Å². The highest BCUT2D eigenvalue weighted by Gasteiger charge is 2.43. The zero-order chi connectivity index (χ0) is 17.6. The molecule has 2 aliphatic rings. The fourth-order valence-corrected chi connectivity index (χ4v) is 3.29. The van der Waals surface area contributed by atoms with Crippen LogP contribution in [0.4, 0.5) is 11.4 Å². The molecule has 1 fully saturated rings. The fraction of sp³-hybridized carbons (Fsp3) is 0.263. The molecule has 0 aliphatic carbocycles. The lowest BCUT2D eigenvalue weighted by molar-refractivity contribution is -0.119. The molecule has 0 saturated carbocycles. The van der Waals surface area contributed by atoms with E-state index in [1.165, 1.54) is 0 Å². The van der Waals surface area contributed by atoms with Crippen LogP contribution in [-0.4, -0.2) is 37.0 Å². The Morgan fingerprint density at radius 1 is 1.08 bits per heavy atom. The number of amides is 1. The minimum atomic E-state index is -0.264. The Labute approximate surface area is 146 Å². The van der Waals surface area contributed by atoms with Crippen LogP contribution in [0.15, 0.2) is 47.5 Å². The van der Waals surface area contributed by atoms with Gasteiger partial charge >= 0.3 is 0 Å². The summed E-state index contributed by atoms with van der Waals surface area (Å²) in [5, 5.41) is 0. The molecule has 1 amide bonds. The lowest BCUT2D eigenvalue weighted by atomic mass is 10.1. The largest absolute Gasteiger partial charge is 0.493 e. The number of methoxy groups -OCH3 is 2. The summed E-state index contributed by atoms with van der Waals surface area (Å²) in [5.41, 5.74) is 2.63. The molecule has 1 saturated heterocycles. The molecular formula is C19H19N3O3. The van der Waals surface area contributed by atoms with Gasteiger partial charge in [-0.3, -0.25) is 4.79 Å². The van der Waals surface area contributed by atoms with Gasteiger partial charge in [-0.1, -0.05) is 18.2 Å². The number of ether oxygens (including phenoxy) is 2. The predicted molar refractivity (Wildman–Crippen MR) is 95.6 cm³/mol. The van der Waals surface area contributed by atoms with E-state index in [0.717, 1.165) is 16.9 Å². The topological polar surface area (TPSA) is 54.4 Å². The number of fused-ring (bicyclic) bond motifs is 2. The molecule has 2 heterocycles. The van der Waals surface area contributed by atoms with Gasteiger partial charge in [-0.15, -0.1) is 0 Å². The molecule has 6 nitrogen and oxygen atoms in total. The minimum absolute atomic E-state index is 0.0247. The van der Waals surface area contributed by atoms with E-state index in [-0.39, 0.29) is 11.9 Å². The number of nitrogens with zero attached hydrogens (tertiary/aromatic N) is 3. The second-order valence-electron chi connectivity index (χ2n) is 6.06. The molecule has 2 aromatic rings. The molecule has 0 spiro atoms. The summed E-state index contributed by atoms with van der Waals surface area (Å²) in [5.74, 6) is 1.97. The van der Waals surface area contributed by atoms with Crippen LogP contribution in [0.5, 0.6) is 11.5 Å². The van der Waals surface area contributed by atoms with Gasteiger partial charge in [0.05, 0.1) is 25.6 Å². The Morgan fingerprint density at radius 3 is 2.44 bits per heavy atom. The lowest BCUT2D eigenvalue weighted by Gasteiger charge is -2.28. The summed E-state index contributed by atoms with van der Waals surface area (Å²) < 4.78 is 10.8. The van der Waals surface area contributed by atoms with Gasteiger partial charge in [0.1, 0.15) is 6.04 Å². The van der Waals surface area contributed by atoms with Gasteiger partial charge < -0.3 is 14.4 Å². The first-order valence-electron chi connectivity index (χ1n) is 8.13. The Bertz CT molecular complexity index is 864. The van der Waals surface area contributed by atoms with Crippen LogP contribution in [0, 0.1) is 0 Å². The highest BCUT2D eigenvalue weighted by molar-refractivity contribution is 6.23. The van der Waals surface area contributed by atoms with E-state index in [0.29, 0.717) is 24.0 Å².